The number of esters is 1. The lowest BCUT2D eigenvalue weighted by molar-refractivity contribution is -0.140. The number of sulfone groups is 1. The van der Waals surface area contributed by atoms with E-state index in [1.54, 1.807) is 4.90 Å². The summed E-state index contributed by atoms with van der Waals surface area (Å²) in [6, 6.07) is -0.376. The highest BCUT2D eigenvalue weighted by Gasteiger charge is 2.38. The Labute approximate surface area is 173 Å². The smallest absolute Gasteiger partial charge is 0.358 e. The van der Waals surface area contributed by atoms with Crippen LogP contribution in [0.1, 0.15) is 55.9 Å². The summed E-state index contributed by atoms with van der Waals surface area (Å²) in [6.45, 7) is 0.875. The van der Waals surface area contributed by atoms with Crippen LogP contribution in [0.3, 0.4) is 0 Å². The number of nitrogens with one attached hydrogen (secondary N) is 1. The van der Waals surface area contributed by atoms with E-state index in [1.165, 1.54) is 12.3 Å². The number of nitrogens with zero attached hydrogens (tertiary/aromatic N) is 2. The van der Waals surface area contributed by atoms with Crippen molar-refractivity contribution < 1.29 is 27.5 Å². The minimum absolute atomic E-state index is 0.0132. The van der Waals surface area contributed by atoms with Crippen LogP contribution in [-0.2, 0) is 24.2 Å². The Balaban J connectivity index is 1.64. The Hall–Kier alpha value is -2.01. The number of thiazole rings is 1. The highest BCUT2D eigenvalue weighted by molar-refractivity contribution is 7.91. The Bertz CT molecular complexity index is 876. The molecule has 1 aromatic rings. The number of carbonyl (C=O) groups excluding carboxylic acids is 3. The summed E-state index contributed by atoms with van der Waals surface area (Å²) in [6.07, 6.45) is 5.20. The molecule has 3 rings (SSSR count). The molecule has 2 fully saturated rings. The topological polar surface area (TPSA) is 123 Å². The number of carbonyl (C=O) groups is 3. The minimum atomic E-state index is -3.14. The Morgan fingerprint density at radius 3 is 2.55 bits per heavy atom. The van der Waals surface area contributed by atoms with Crippen molar-refractivity contribution in [2.75, 3.05) is 23.4 Å². The van der Waals surface area contributed by atoms with Crippen LogP contribution in [0.4, 0.5) is 5.13 Å². The van der Waals surface area contributed by atoms with Gasteiger partial charge in [-0.05, 0) is 19.3 Å². The molecule has 1 unspecified atom stereocenters. The van der Waals surface area contributed by atoms with Gasteiger partial charge in [-0.3, -0.25) is 9.59 Å². The zero-order valence-corrected chi connectivity index (χ0v) is 17.9. The summed E-state index contributed by atoms with van der Waals surface area (Å²) in [4.78, 5) is 41.8. The van der Waals surface area contributed by atoms with Crippen molar-refractivity contribution in [2.45, 2.75) is 57.5 Å². The summed E-state index contributed by atoms with van der Waals surface area (Å²) >= 11 is 1.08. The lowest BCUT2D eigenvalue weighted by atomic mass is 9.93. The van der Waals surface area contributed by atoms with Crippen LogP contribution >= 0.6 is 11.3 Å². The number of hydrogen-bond acceptors (Lipinski definition) is 8. The summed E-state index contributed by atoms with van der Waals surface area (Å²) in [5, 5.41) is 4.20. The van der Waals surface area contributed by atoms with Gasteiger partial charge < -0.3 is 15.0 Å². The second-order valence-electron chi connectivity index (χ2n) is 7.44. The Morgan fingerprint density at radius 2 is 1.93 bits per heavy atom. The standard InChI is InChI=1S/C18H25N3O6S2/c1-12(22)19-18-20-15(10-28-18)17(24)27-9-16(23)21(13-5-3-2-4-6-13)14-7-8-29(25,26)11-14/h10,13-14H,2-9,11H2,1H3,(H,19,20,22). The largest absolute Gasteiger partial charge is 0.451 e. The summed E-state index contributed by atoms with van der Waals surface area (Å²) in [5.74, 6) is -1.38. The highest BCUT2D eigenvalue weighted by Crippen LogP contribution is 2.28. The van der Waals surface area contributed by atoms with Gasteiger partial charge in [-0.1, -0.05) is 19.3 Å². The van der Waals surface area contributed by atoms with Crippen LogP contribution in [0.25, 0.3) is 0 Å². The van der Waals surface area contributed by atoms with Crippen LogP contribution in [-0.4, -0.2) is 66.3 Å². The lowest BCUT2D eigenvalue weighted by Gasteiger charge is -2.38. The van der Waals surface area contributed by atoms with Crippen LogP contribution in [0.2, 0.25) is 0 Å². The fourth-order valence-corrected chi connectivity index (χ4v) is 6.35. The molecule has 1 aromatic heterocycles. The molecule has 0 spiro atoms. The molecule has 1 aliphatic carbocycles. The lowest BCUT2D eigenvalue weighted by Crippen LogP contribution is -2.50. The van der Waals surface area contributed by atoms with E-state index in [0.717, 1.165) is 43.4 Å². The Morgan fingerprint density at radius 1 is 1.21 bits per heavy atom. The molecule has 1 saturated heterocycles. The number of amides is 2. The molecule has 160 valence electrons. The molecule has 2 aliphatic rings. The fraction of sp³-hybridized carbons (Fsp3) is 0.667. The molecule has 2 heterocycles. The molecular formula is C18H25N3O6S2. The highest BCUT2D eigenvalue weighted by atomic mass is 32.2. The maximum absolute atomic E-state index is 12.9. The number of aromatic nitrogens is 1. The molecule has 1 aliphatic heterocycles. The van der Waals surface area contributed by atoms with Gasteiger partial charge in [0, 0.05) is 24.4 Å². The zero-order chi connectivity index (χ0) is 21.0. The maximum Gasteiger partial charge on any atom is 0.358 e. The first-order valence-corrected chi connectivity index (χ1v) is 12.4. The molecule has 0 radical (unpaired) electrons. The van der Waals surface area contributed by atoms with E-state index in [4.69, 9.17) is 4.74 Å². The van der Waals surface area contributed by atoms with Crippen molar-refractivity contribution in [1.82, 2.24) is 9.88 Å². The quantitative estimate of drug-likeness (QED) is 0.663. The van der Waals surface area contributed by atoms with Crippen LogP contribution in [0.15, 0.2) is 5.38 Å². The van der Waals surface area contributed by atoms with Gasteiger partial charge >= 0.3 is 5.97 Å². The molecule has 1 atom stereocenters. The minimum Gasteiger partial charge on any atom is -0.451 e. The molecule has 11 heteroatoms. The van der Waals surface area contributed by atoms with Crippen molar-refractivity contribution in [1.29, 1.82) is 0 Å². The predicted molar refractivity (Wildman–Crippen MR) is 107 cm³/mol. The average Bonchev–Trinajstić information content (AvgIpc) is 3.26. The van der Waals surface area contributed by atoms with Crippen molar-refractivity contribution in [3.63, 3.8) is 0 Å². The van der Waals surface area contributed by atoms with E-state index in [9.17, 15) is 22.8 Å². The van der Waals surface area contributed by atoms with E-state index in [1.807, 2.05) is 0 Å². The number of ether oxygens (including phenoxy) is 1. The second kappa shape index (κ2) is 9.21. The van der Waals surface area contributed by atoms with Gasteiger partial charge in [0.05, 0.1) is 11.5 Å². The molecule has 1 N–H and O–H groups in total. The van der Waals surface area contributed by atoms with Crippen molar-refractivity contribution in [3.05, 3.63) is 11.1 Å². The predicted octanol–water partition coefficient (Wildman–Crippen LogP) is 1.61. The maximum atomic E-state index is 12.9. The van der Waals surface area contributed by atoms with Gasteiger partial charge in [0.1, 0.15) is 0 Å². The van der Waals surface area contributed by atoms with Gasteiger partial charge in [0.25, 0.3) is 5.91 Å². The van der Waals surface area contributed by atoms with Crippen LogP contribution in [0, 0.1) is 0 Å². The Kier molecular flexibility index (Phi) is 6.89. The van der Waals surface area contributed by atoms with Crippen molar-refractivity contribution >= 4 is 44.1 Å². The zero-order valence-electron chi connectivity index (χ0n) is 16.3. The second-order valence-corrected chi connectivity index (χ2v) is 10.5. The first-order valence-electron chi connectivity index (χ1n) is 9.67. The molecule has 2 amide bonds. The number of anilines is 1. The number of hydrogen-bond donors (Lipinski definition) is 1. The molecular weight excluding hydrogens is 418 g/mol. The first kappa shape index (κ1) is 21.7. The van der Waals surface area contributed by atoms with Gasteiger partial charge in [-0.2, -0.15) is 0 Å². The monoisotopic (exact) mass is 443 g/mol. The molecule has 0 bridgehead atoms. The van der Waals surface area contributed by atoms with Gasteiger partial charge in [0.2, 0.25) is 5.91 Å². The normalized spacial score (nSPS) is 21.5. The van der Waals surface area contributed by atoms with E-state index >= 15 is 0 Å². The fourth-order valence-electron chi connectivity index (χ4n) is 3.91. The van der Waals surface area contributed by atoms with Gasteiger partial charge in [0.15, 0.2) is 27.3 Å². The molecule has 1 saturated carbocycles. The van der Waals surface area contributed by atoms with E-state index in [0.29, 0.717) is 6.42 Å². The molecule has 0 aromatic carbocycles. The summed E-state index contributed by atoms with van der Waals surface area (Å²) in [7, 11) is -3.14. The SMILES string of the molecule is CC(=O)Nc1nc(C(=O)OCC(=O)N(C2CCCCC2)C2CCS(=O)(=O)C2)cs1. The first-order chi connectivity index (χ1) is 13.7. The summed E-state index contributed by atoms with van der Waals surface area (Å²) in [5.41, 5.74) is 0.0132. The van der Waals surface area contributed by atoms with Crippen LogP contribution < -0.4 is 5.32 Å². The van der Waals surface area contributed by atoms with E-state index in [-0.39, 0.29) is 46.2 Å². The van der Waals surface area contributed by atoms with Crippen molar-refractivity contribution in [3.8, 4) is 0 Å². The molecule has 9 nitrogen and oxygen atoms in total. The van der Waals surface area contributed by atoms with E-state index in [2.05, 4.69) is 10.3 Å². The van der Waals surface area contributed by atoms with Gasteiger partial charge in [-0.15, -0.1) is 11.3 Å². The van der Waals surface area contributed by atoms with Crippen LogP contribution in [0.5, 0.6) is 0 Å². The van der Waals surface area contributed by atoms with Gasteiger partial charge in [-0.25, -0.2) is 18.2 Å². The summed E-state index contributed by atoms with van der Waals surface area (Å²) < 4.78 is 29.0. The third kappa shape index (κ3) is 5.75. The third-order valence-corrected chi connectivity index (χ3v) is 7.69. The molecule has 29 heavy (non-hydrogen) atoms. The third-order valence-electron chi connectivity index (χ3n) is 5.18. The average molecular weight is 444 g/mol. The van der Waals surface area contributed by atoms with Crippen molar-refractivity contribution in [2.24, 2.45) is 0 Å². The van der Waals surface area contributed by atoms with E-state index < -0.39 is 22.4 Å². The number of rotatable bonds is 6.